The third-order valence-corrected chi connectivity index (χ3v) is 5.22. The van der Waals surface area contributed by atoms with Gasteiger partial charge in [0, 0.05) is 34.0 Å². The molecule has 1 atom stereocenters. The molecule has 0 aliphatic carbocycles. The molecule has 0 amide bonds. The van der Waals surface area contributed by atoms with Crippen LogP contribution in [0.1, 0.15) is 42.9 Å². The summed E-state index contributed by atoms with van der Waals surface area (Å²) in [7, 11) is 3.30. The largest absolute Gasteiger partial charge is 0.481 e. The van der Waals surface area contributed by atoms with Crippen molar-refractivity contribution < 1.29 is 28.9 Å². The molecule has 0 bridgehead atoms. The Hall–Kier alpha value is -3.48. The van der Waals surface area contributed by atoms with Crippen LogP contribution >= 0.6 is 0 Å². The van der Waals surface area contributed by atoms with Gasteiger partial charge in [0.05, 0.1) is 12.5 Å². The summed E-state index contributed by atoms with van der Waals surface area (Å²) in [6, 6.07) is 29.4. The lowest BCUT2D eigenvalue weighted by molar-refractivity contribution is -0.141. The highest BCUT2D eigenvalue weighted by atomic mass is 16.7. The molecule has 1 unspecified atom stereocenters. The van der Waals surface area contributed by atoms with Crippen LogP contribution in [-0.4, -0.2) is 44.2 Å². The highest BCUT2D eigenvalue weighted by Crippen LogP contribution is 2.18. The van der Waals surface area contributed by atoms with Crippen molar-refractivity contribution in [3.8, 4) is 0 Å². The Bertz CT molecular complexity index is 957. The maximum Gasteiger partial charge on any atom is 0.310 e. The highest BCUT2D eigenvalue weighted by molar-refractivity contribution is 5.75. The molecule has 6 heteroatoms. The van der Waals surface area contributed by atoms with Crippen LogP contribution in [0.4, 0.5) is 0 Å². The molecule has 194 valence electrons. The normalized spacial score (nSPS) is 10.8. The van der Waals surface area contributed by atoms with Gasteiger partial charge < -0.3 is 19.3 Å². The van der Waals surface area contributed by atoms with Crippen LogP contribution in [0.5, 0.6) is 0 Å². The molecule has 3 aromatic carbocycles. The number of esters is 1. The van der Waals surface area contributed by atoms with Gasteiger partial charge in [-0.2, -0.15) is 0 Å². The second-order valence-electron chi connectivity index (χ2n) is 7.88. The lowest BCUT2D eigenvalue weighted by atomic mass is 9.97. The fraction of sp³-hybridized carbons (Fsp3) is 0.333. The van der Waals surface area contributed by atoms with E-state index in [-0.39, 0.29) is 18.2 Å². The lowest BCUT2D eigenvalue weighted by Gasteiger charge is -2.12. The maximum atomic E-state index is 10.7. The number of ether oxygens (including phenoxy) is 3. The van der Waals surface area contributed by atoms with Gasteiger partial charge in [0.25, 0.3) is 0 Å². The van der Waals surface area contributed by atoms with E-state index in [2.05, 4.69) is 12.1 Å². The van der Waals surface area contributed by atoms with Gasteiger partial charge in [-0.3, -0.25) is 9.59 Å². The number of benzene rings is 3. The number of methoxy groups -OCH3 is 2. The van der Waals surface area contributed by atoms with E-state index in [4.69, 9.17) is 19.3 Å². The van der Waals surface area contributed by atoms with Crippen LogP contribution in [0.25, 0.3) is 0 Å². The van der Waals surface area contributed by atoms with E-state index in [0.717, 1.165) is 18.4 Å². The molecule has 0 radical (unpaired) electrons. The Balaban J connectivity index is 0.000000270. The Morgan fingerprint density at radius 2 is 1.25 bits per heavy atom. The van der Waals surface area contributed by atoms with Crippen LogP contribution in [0.3, 0.4) is 0 Å². The number of carboxylic acid groups (broad SMARTS) is 1. The van der Waals surface area contributed by atoms with Gasteiger partial charge in [-0.15, -0.1) is 0 Å². The Kier molecular flexibility index (Phi) is 16.0. The topological polar surface area (TPSA) is 82.1 Å². The van der Waals surface area contributed by atoms with Crippen LogP contribution < -0.4 is 0 Å². The predicted octanol–water partition coefficient (Wildman–Crippen LogP) is 5.91. The fourth-order valence-electron chi connectivity index (χ4n) is 3.26. The summed E-state index contributed by atoms with van der Waals surface area (Å²) < 4.78 is 15.0. The number of carbonyl (C=O) groups is 2. The molecule has 3 rings (SSSR count). The summed E-state index contributed by atoms with van der Waals surface area (Å²) in [6.07, 6.45) is 2.10. The van der Waals surface area contributed by atoms with Crippen molar-refractivity contribution >= 4 is 11.9 Å². The molecule has 1 N–H and O–H groups in total. The van der Waals surface area contributed by atoms with Crippen molar-refractivity contribution in [1.82, 2.24) is 0 Å². The molecule has 0 fully saturated rings. The van der Waals surface area contributed by atoms with E-state index in [9.17, 15) is 9.59 Å². The van der Waals surface area contributed by atoms with E-state index in [0.29, 0.717) is 13.0 Å². The summed E-state index contributed by atoms with van der Waals surface area (Å²) in [6.45, 7) is 3.77. The van der Waals surface area contributed by atoms with Crippen molar-refractivity contribution in [3.05, 3.63) is 108 Å². The van der Waals surface area contributed by atoms with Gasteiger partial charge in [-0.1, -0.05) is 97.9 Å². The molecule has 6 nitrogen and oxygen atoms in total. The minimum absolute atomic E-state index is 0.132. The number of carbonyl (C=O) groups excluding carboxylic acids is 1. The van der Waals surface area contributed by atoms with E-state index < -0.39 is 5.97 Å². The smallest absolute Gasteiger partial charge is 0.310 e. The first-order chi connectivity index (χ1) is 17.4. The molecule has 0 spiro atoms. The molecule has 0 saturated carbocycles. The standard InChI is InChI=1S/C10H14O2.2C10H12O2/c1-11-10(12-2)8-9-6-4-3-5-7-9;1-9(11)12-8-7-10-5-3-2-4-6-10;1-2-9(10(11)12)8-6-4-3-5-7-8/h3-7,10H,8H2,1-2H3;2-6H,7-8H2,1H3;3-7,9H,2H2,1H3,(H,11,12). The Morgan fingerprint density at radius 1 is 0.778 bits per heavy atom. The summed E-state index contributed by atoms with van der Waals surface area (Å²) in [4.78, 5) is 21.1. The zero-order chi connectivity index (χ0) is 26.6. The number of hydrogen-bond donors (Lipinski definition) is 1. The average molecular weight is 495 g/mol. The van der Waals surface area contributed by atoms with E-state index in [1.807, 2.05) is 85.8 Å². The molecule has 0 aliphatic rings. The fourth-order valence-corrected chi connectivity index (χ4v) is 3.26. The van der Waals surface area contributed by atoms with Crippen molar-refractivity contribution in [2.45, 2.75) is 45.3 Å². The van der Waals surface area contributed by atoms with Crippen LogP contribution in [-0.2, 0) is 36.6 Å². The maximum absolute atomic E-state index is 10.7. The number of carboxylic acids is 1. The molecular weight excluding hydrogens is 456 g/mol. The highest BCUT2D eigenvalue weighted by Gasteiger charge is 2.16. The second-order valence-corrected chi connectivity index (χ2v) is 7.88. The van der Waals surface area contributed by atoms with E-state index in [1.54, 1.807) is 14.2 Å². The molecular formula is C30H38O6. The average Bonchev–Trinajstić information content (AvgIpc) is 2.90. The lowest BCUT2D eigenvalue weighted by Crippen LogP contribution is -2.15. The third kappa shape index (κ3) is 13.4. The van der Waals surface area contributed by atoms with Crippen LogP contribution in [0.2, 0.25) is 0 Å². The third-order valence-electron chi connectivity index (χ3n) is 5.22. The van der Waals surface area contributed by atoms with Crippen molar-refractivity contribution in [3.63, 3.8) is 0 Å². The molecule has 0 heterocycles. The van der Waals surface area contributed by atoms with E-state index in [1.165, 1.54) is 18.1 Å². The van der Waals surface area contributed by atoms with Gasteiger partial charge in [0.15, 0.2) is 6.29 Å². The monoisotopic (exact) mass is 494 g/mol. The summed E-state index contributed by atoms with van der Waals surface area (Å²) in [5.74, 6) is -1.32. The van der Waals surface area contributed by atoms with Crippen molar-refractivity contribution in [2.24, 2.45) is 0 Å². The van der Waals surface area contributed by atoms with Gasteiger partial charge in [0.2, 0.25) is 0 Å². The summed E-state index contributed by atoms with van der Waals surface area (Å²) in [5, 5.41) is 8.83. The predicted molar refractivity (Wildman–Crippen MR) is 142 cm³/mol. The first kappa shape index (κ1) is 30.6. The second kappa shape index (κ2) is 18.8. The quantitative estimate of drug-likeness (QED) is 0.279. The number of aliphatic carboxylic acids is 1. The Morgan fingerprint density at radius 3 is 1.67 bits per heavy atom. The first-order valence-corrected chi connectivity index (χ1v) is 12.0. The summed E-state index contributed by atoms with van der Waals surface area (Å²) in [5.41, 5.74) is 3.30. The van der Waals surface area contributed by atoms with Crippen molar-refractivity contribution in [1.29, 1.82) is 0 Å². The van der Waals surface area contributed by atoms with Crippen molar-refractivity contribution in [2.75, 3.05) is 20.8 Å². The zero-order valence-corrected chi connectivity index (χ0v) is 21.6. The van der Waals surface area contributed by atoms with Crippen LogP contribution in [0.15, 0.2) is 91.0 Å². The van der Waals surface area contributed by atoms with Gasteiger partial charge in [-0.25, -0.2) is 0 Å². The minimum atomic E-state index is -0.747. The molecule has 0 aliphatic heterocycles. The van der Waals surface area contributed by atoms with Gasteiger partial charge in [-0.05, 0) is 23.1 Å². The SMILES string of the molecule is CC(=O)OCCc1ccccc1.CCC(C(=O)O)c1ccccc1.COC(Cc1ccccc1)OC. The molecule has 0 saturated heterocycles. The minimum Gasteiger partial charge on any atom is -0.481 e. The van der Waals surface area contributed by atoms with Gasteiger partial charge in [0.1, 0.15) is 0 Å². The zero-order valence-electron chi connectivity index (χ0n) is 21.6. The first-order valence-electron chi connectivity index (χ1n) is 12.0. The number of hydrogen-bond acceptors (Lipinski definition) is 5. The molecule has 3 aromatic rings. The van der Waals surface area contributed by atoms with E-state index >= 15 is 0 Å². The molecule has 0 aromatic heterocycles. The summed E-state index contributed by atoms with van der Waals surface area (Å²) >= 11 is 0. The number of rotatable bonds is 10. The molecule has 36 heavy (non-hydrogen) atoms. The van der Waals surface area contributed by atoms with Crippen LogP contribution in [0, 0.1) is 0 Å². The Labute approximate surface area is 214 Å². The van der Waals surface area contributed by atoms with Gasteiger partial charge >= 0.3 is 11.9 Å².